The molecular formula is C36H62K2O. The second-order valence-corrected chi connectivity index (χ2v) is 10.7. The third-order valence-electron chi connectivity index (χ3n) is 7.17. The minimum Gasteiger partial charge on any atom is -1.00 e. The Morgan fingerprint density at radius 2 is 0.641 bits per heavy atom. The van der Waals surface area contributed by atoms with Crippen molar-refractivity contribution in [3.63, 3.8) is 0 Å². The summed E-state index contributed by atoms with van der Waals surface area (Å²) in [7, 11) is 0. The minimum atomic E-state index is 0. The first-order valence-corrected chi connectivity index (χ1v) is 16.1. The maximum absolute atomic E-state index is 5.78. The Bertz CT molecular complexity index is 629. The Hall–Kier alpha value is 1.67. The average Bonchev–Trinajstić information content (AvgIpc) is 2.95. The maximum atomic E-state index is 5.78. The van der Waals surface area contributed by atoms with Gasteiger partial charge in [0.2, 0.25) is 0 Å². The molecule has 0 bridgehead atoms. The van der Waals surface area contributed by atoms with Crippen molar-refractivity contribution in [1.82, 2.24) is 0 Å². The van der Waals surface area contributed by atoms with Gasteiger partial charge in [0.05, 0.1) is 0 Å². The standard InChI is InChI=1S/C24H50O.C12H10.2K.2H/c1-3-5-7-9-11-13-15-17-19-21-23-25-24-22-20-18-16-14-12-10-8-6-4-2;1-3-7-11(8-4-1)12-9-5-2-6-10-12;;;;/h3-24H2,1-2H3;1-10H;;;;/q;;2*+1;2*-1. The van der Waals surface area contributed by atoms with Gasteiger partial charge in [0, 0.05) is 13.2 Å². The van der Waals surface area contributed by atoms with E-state index in [-0.39, 0.29) is 106 Å². The van der Waals surface area contributed by atoms with Crippen LogP contribution in [0.15, 0.2) is 60.7 Å². The number of hydrogen-bond donors (Lipinski definition) is 0. The van der Waals surface area contributed by atoms with Gasteiger partial charge in [-0.25, -0.2) is 0 Å². The molecule has 0 N–H and O–H groups in total. The molecule has 0 aromatic heterocycles. The van der Waals surface area contributed by atoms with Gasteiger partial charge in [-0.2, -0.15) is 0 Å². The van der Waals surface area contributed by atoms with E-state index in [1.165, 1.54) is 140 Å². The van der Waals surface area contributed by atoms with Crippen molar-refractivity contribution in [3.8, 4) is 11.1 Å². The monoisotopic (exact) mass is 588 g/mol. The van der Waals surface area contributed by atoms with Crippen molar-refractivity contribution >= 4 is 0 Å². The molecule has 0 saturated heterocycles. The molecule has 0 fully saturated rings. The number of hydrogen-bond acceptors (Lipinski definition) is 1. The fourth-order valence-corrected chi connectivity index (χ4v) is 4.75. The summed E-state index contributed by atoms with van der Waals surface area (Å²) < 4.78 is 5.78. The second kappa shape index (κ2) is 35.9. The van der Waals surface area contributed by atoms with Crippen LogP contribution in [0.2, 0.25) is 0 Å². The maximum Gasteiger partial charge on any atom is 1.00 e. The number of unbranched alkanes of at least 4 members (excludes halogenated alkanes) is 18. The smallest absolute Gasteiger partial charge is 1.00 e. The average molecular weight is 589 g/mol. The summed E-state index contributed by atoms with van der Waals surface area (Å²) in [5.41, 5.74) is 2.55. The van der Waals surface area contributed by atoms with Crippen molar-refractivity contribution in [3.05, 3.63) is 60.7 Å². The molecule has 0 aliphatic rings. The zero-order valence-electron chi connectivity index (χ0n) is 28.7. The first-order chi connectivity index (χ1) is 18.4. The SMILES string of the molecule is CCCCCCCCCCCCOCCCCCCCCCCCC.[H-].[H-].[K+].[K+].c1ccc(-c2ccccc2)cc1. The topological polar surface area (TPSA) is 9.23 Å². The molecule has 2 rings (SSSR count). The van der Waals surface area contributed by atoms with E-state index < -0.39 is 0 Å². The van der Waals surface area contributed by atoms with Gasteiger partial charge in [-0.3, -0.25) is 0 Å². The summed E-state index contributed by atoms with van der Waals surface area (Å²) in [4.78, 5) is 0. The molecule has 2 aromatic rings. The molecule has 0 aliphatic carbocycles. The van der Waals surface area contributed by atoms with E-state index in [9.17, 15) is 0 Å². The van der Waals surface area contributed by atoms with E-state index in [1.807, 2.05) is 12.1 Å². The van der Waals surface area contributed by atoms with E-state index in [1.54, 1.807) is 0 Å². The molecule has 214 valence electrons. The minimum absolute atomic E-state index is 0. The Morgan fingerprint density at radius 1 is 0.385 bits per heavy atom. The summed E-state index contributed by atoms with van der Waals surface area (Å²) in [5.74, 6) is 0. The van der Waals surface area contributed by atoms with Gasteiger partial charge in [-0.05, 0) is 24.0 Å². The fraction of sp³-hybridized carbons (Fsp3) is 0.667. The Kier molecular flexibility index (Phi) is 39.4. The molecule has 2 aromatic carbocycles. The predicted molar refractivity (Wildman–Crippen MR) is 169 cm³/mol. The van der Waals surface area contributed by atoms with Crippen LogP contribution in [0.5, 0.6) is 0 Å². The first-order valence-electron chi connectivity index (χ1n) is 16.1. The van der Waals surface area contributed by atoms with Crippen molar-refractivity contribution in [1.29, 1.82) is 0 Å². The molecule has 0 atom stereocenters. The van der Waals surface area contributed by atoms with Crippen LogP contribution in [0.3, 0.4) is 0 Å². The van der Waals surface area contributed by atoms with Gasteiger partial charge in [-0.1, -0.05) is 190 Å². The van der Waals surface area contributed by atoms with Crippen LogP contribution in [0.25, 0.3) is 11.1 Å². The van der Waals surface area contributed by atoms with E-state index >= 15 is 0 Å². The zero-order chi connectivity index (χ0) is 26.5. The molecule has 0 heterocycles. The van der Waals surface area contributed by atoms with Crippen LogP contribution in [0, 0.1) is 0 Å². The summed E-state index contributed by atoms with van der Waals surface area (Å²) in [5, 5.41) is 0. The summed E-state index contributed by atoms with van der Waals surface area (Å²) in [6.45, 7) is 6.57. The molecule has 3 heteroatoms. The molecular weight excluding hydrogens is 527 g/mol. The molecule has 0 unspecified atom stereocenters. The quantitative estimate of drug-likeness (QED) is 0.107. The van der Waals surface area contributed by atoms with Crippen molar-refractivity contribution in [2.24, 2.45) is 0 Å². The van der Waals surface area contributed by atoms with E-state index in [0.29, 0.717) is 0 Å². The van der Waals surface area contributed by atoms with Crippen molar-refractivity contribution in [2.75, 3.05) is 13.2 Å². The van der Waals surface area contributed by atoms with Crippen LogP contribution in [-0.2, 0) is 4.74 Å². The second-order valence-electron chi connectivity index (χ2n) is 10.7. The molecule has 39 heavy (non-hydrogen) atoms. The van der Waals surface area contributed by atoms with Crippen LogP contribution in [0.1, 0.15) is 145 Å². The molecule has 0 aliphatic heterocycles. The summed E-state index contributed by atoms with van der Waals surface area (Å²) in [6.07, 6.45) is 28.2. The third-order valence-corrected chi connectivity index (χ3v) is 7.17. The molecule has 0 radical (unpaired) electrons. The van der Waals surface area contributed by atoms with Crippen molar-refractivity contribution < 1.29 is 110 Å². The van der Waals surface area contributed by atoms with Crippen LogP contribution >= 0.6 is 0 Å². The van der Waals surface area contributed by atoms with Gasteiger partial charge in [0.25, 0.3) is 0 Å². The molecule has 0 saturated carbocycles. The fourth-order valence-electron chi connectivity index (χ4n) is 4.75. The predicted octanol–water partition coefficient (Wildman–Crippen LogP) is 6.43. The van der Waals surface area contributed by atoms with E-state index in [0.717, 1.165) is 13.2 Å². The largest absolute Gasteiger partial charge is 1.00 e. The zero-order valence-corrected chi connectivity index (χ0v) is 33.0. The van der Waals surface area contributed by atoms with E-state index in [4.69, 9.17) is 4.74 Å². The van der Waals surface area contributed by atoms with Gasteiger partial charge in [0.15, 0.2) is 0 Å². The van der Waals surface area contributed by atoms with Crippen LogP contribution in [0.4, 0.5) is 0 Å². The van der Waals surface area contributed by atoms with Crippen LogP contribution in [-0.4, -0.2) is 13.2 Å². The van der Waals surface area contributed by atoms with Gasteiger partial charge in [0.1, 0.15) is 0 Å². The Morgan fingerprint density at radius 3 is 0.923 bits per heavy atom. The van der Waals surface area contributed by atoms with Gasteiger partial charge in [-0.15, -0.1) is 0 Å². The van der Waals surface area contributed by atoms with E-state index in [2.05, 4.69) is 62.4 Å². The van der Waals surface area contributed by atoms with Crippen LogP contribution < -0.4 is 103 Å². The summed E-state index contributed by atoms with van der Waals surface area (Å²) in [6, 6.07) is 20.8. The Labute approximate surface area is 332 Å². The normalized spacial score (nSPS) is 10.2. The first kappa shape index (κ1) is 42.8. The number of benzene rings is 2. The molecule has 1 nitrogen and oxygen atoms in total. The number of rotatable bonds is 23. The molecule has 0 spiro atoms. The van der Waals surface area contributed by atoms with Gasteiger partial charge < -0.3 is 7.59 Å². The summed E-state index contributed by atoms with van der Waals surface area (Å²) >= 11 is 0. The molecule has 0 amide bonds. The Balaban J connectivity index is -0.000000360. The number of ether oxygens (including phenoxy) is 1. The third kappa shape index (κ3) is 29.5. The van der Waals surface area contributed by atoms with Gasteiger partial charge >= 0.3 is 103 Å². The van der Waals surface area contributed by atoms with Crippen molar-refractivity contribution in [2.45, 2.75) is 142 Å².